The Morgan fingerprint density at radius 1 is 1.10 bits per heavy atom. The Hall–Kier alpha value is -0.810. The van der Waals surface area contributed by atoms with E-state index < -0.39 is 0 Å². The van der Waals surface area contributed by atoms with Gasteiger partial charge in [0.2, 0.25) is 0 Å². The topological polar surface area (TPSA) is 65.1 Å². The van der Waals surface area contributed by atoms with Gasteiger partial charge in [-0.2, -0.15) is 0 Å². The first-order chi connectivity index (χ1) is 9.59. The smallest absolute Gasteiger partial charge is 0.139 e. The van der Waals surface area contributed by atoms with E-state index in [9.17, 15) is 0 Å². The van der Waals surface area contributed by atoms with Crippen LogP contribution < -0.4 is 5.73 Å². The second-order valence-corrected chi connectivity index (χ2v) is 6.02. The molecule has 0 unspecified atom stereocenters. The largest absolute Gasteiger partial charge is 0.409 e. The Balaban J connectivity index is 2.32. The second-order valence-electron chi connectivity index (χ2n) is 6.02. The van der Waals surface area contributed by atoms with Gasteiger partial charge in [-0.25, -0.2) is 0 Å². The molecular formula is C15H32N4O. The minimum atomic E-state index is 0.279. The van der Waals surface area contributed by atoms with E-state index in [4.69, 9.17) is 10.9 Å². The van der Waals surface area contributed by atoms with Crippen molar-refractivity contribution in [3.63, 3.8) is 0 Å². The third kappa shape index (κ3) is 5.67. The number of amidine groups is 1. The molecule has 0 bridgehead atoms. The van der Waals surface area contributed by atoms with Crippen LogP contribution >= 0.6 is 0 Å². The summed E-state index contributed by atoms with van der Waals surface area (Å²) in [6, 6.07) is 0. The molecule has 0 saturated heterocycles. The Labute approximate surface area is 123 Å². The molecule has 1 saturated carbocycles. The molecule has 0 aromatic rings. The van der Waals surface area contributed by atoms with E-state index in [1.807, 2.05) is 0 Å². The summed E-state index contributed by atoms with van der Waals surface area (Å²) in [5.74, 6) is 0.377. The van der Waals surface area contributed by atoms with Crippen LogP contribution in [-0.4, -0.2) is 60.1 Å². The van der Waals surface area contributed by atoms with E-state index in [1.54, 1.807) is 0 Å². The normalized spacial score (nSPS) is 17.9. The minimum Gasteiger partial charge on any atom is -0.409 e. The average Bonchev–Trinajstić information content (AvgIpc) is 3.21. The van der Waals surface area contributed by atoms with E-state index in [0.717, 1.165) is 39.1 Å². The van der Waals surface area contributed by atoms with Crippen LogP contribution in [0, 0.1) is 5.41 Å². The van der Waals surface area contributed by atoms with Crippen molar-refractivity contribution in [3.05, 3.63) is 0 Å². The monoisotopic (exact) mass is 284 g/mol. The number of hydrogen-bond donors (Lipinski definition) is 2. The summed E-state index contributed by atoms with van der Waals surface area (Å²) in [5, 5.41) is 11.8. The zero-order chi connectivity index (χ0) is 15.0. The van der Waals surface area contributed by atoms with Crippen LogP contribution in [0.5, 0.6) is 0 Å². The van der Waals surface area contributed by atoms with Crippen LogP contribution in [0.25, 0.3) is 0 Å². The lowest BCUT2D eigenvalue weighted by atomic mass is 10.0. The van der Waals surface area contributed by atoms with Crippen molar-refractivity contribution in [3.8, 4) is 0 Å². The van der Waals surface area contributed by atoms with Crippen molar-refractivity contribution in [1.29, 1.82) is 0 Å². The van der Waals surface area contributed by atoms with Gasteiger partial charge < -0.3 is 20.7 Å². The quantitative estimate of drug-likeness (QED) is 0.263. The number of nitrogens with two attached hydrogens (primary N) is 1. The molecule has 1 rings (SSSR count). The van der Waals surface area contributed by atoms with Crippen molar-refractivity contribution in [2.45, 2.75) is 46.5 Å². The third-order valence-electron chi connectivity index (χ3n) is 4.49. The van der Waals surface area contributed by atoms with Crippen molar-refractivity contribution in [1.82, 2.24) is 9.80 Å². The van der Waals surface area contributed by atoms with Crippen LogP contribution in [0.4, 0.5) is 0 Å². The predicted molar refractivity (Wildman–Crippen MR) is 84.2 cm³/mol. The Morgan fingerprint density at radius 2 is 1.65 bits per heavy atom. The van der Waals surface area contributed by atoms with Gasteiger partial charge in [0.15, 0.2) is 0 Å². The van der Waals surface area contributed by atoms with E-state index in [0.29, 0.717) is 5.84 Å². The molecule has 0 spiro atoms. The molecule has 0 heterocycles. The second kappa shape index (κ2) is 8.47. The molecule has 0 amide bonds. The first-order valence-electron chi connectivity index (χ1n) is 8.00. The third-order valence-corrected chi connectivity index (χ3v) is 4.49. The highest BCUT2D eigenvalue weighted by Crippen LogP contribution is 2.49. The summed E-state index contributed by atoms with van der Waals surface area (Å²) in [6.07, 6.45) is 4.36. The fourth-order valence-corrected chi connectivity index (χ4v) is 2.87. The summed E-state index contributed by atoms with van der Waals surface area (Å²) in [4.78, 5) is 4.98. The van der Waals surface area contributed by atoms with E-state index in [1.165, 1.54) is 25.8 Å². The van der Waals surface area contributed by atoms with Crippen LogP contribution in [0.15, 0.2) is 5.16 Å². The maximum atomic E-state index is 8.72. The molecule has 0 aliphatic heterocycles. The fourth-order valence-electron chi connectivity index (χ4n) is 2.87. The van der Waals surface area contributed by atoms with E-state index in [2.05, 4.69) is 35.7 Å². The zero-order valence-corrected chi connectivity index (χ0v) is 13.4. The first-order valence-corrected chi connectivity index (χ1v) is 8.00. The van der Waals surface area contributed by atoms with Gasteiger partial charge in [-0.1, -0.05) is 25.9 Å². The lowest BCUT2D eigenvalue weighted by Gasteiger charge is -2.27. The number of oxime groups is 1. The molecular weight excluding hydrogens is 252 g/mol. The summed E-state index contributed by atoms with van der Waals surface area (Å²) in [6.45, 7) is 13.4. The predicted octanol–water partition coefficient (Wildman–Crippen LogP) is 1.96. The maximum absolute atomic E-state index is 8.72. The van der Waals surface area contributed by atoms with Gasteiger partial charge >= 0.3 is 0 Å². The van der Waals surface area contributed by atoms with Gasteiger partial charge in [0.1, 0.15) is 5.84 Å². The molecule has 3 N–H and O–H groups in total. The Kier molecular flexibility index (Phi) is 7.30. The van der Waals surface area contributed by atoms with Crippen molar-refractivity contribution in [2.75, 3.05) is 39.3 Å². The molecule has 0 aromatic heterocycles. The van der Waals surface area contributed by atoms with Crippen molar-refractivity contribution in [2.24, 2.45) is 16.3 Å². The maximum Gasteiger partial charge on any atom is 0.139 e. The Bertz CT molecular complexity index is 298. The number of rotatable bonds is 11. The number of hydrogen-bond acceptors (Lipinski definition) is 4. The molecule has 1 aliphatic carbocycles. The molecule has 1 fully saturated rings. The highest BCUT2D eigenvalue weighted by molar-refractivity contribution is 5.80. The molecule has 0 aromatic carbocycles. The van der Waals surface area contributed by atoms with Gasteiger partial charge in [0.25, 0.3) is 0 Å². The van der Waals surface area contributed by atoms with Crippen molar-refractivity contribution >= 4 is 5.84 Å². The standard InChI is InChI=1S/C15H32N4O/c1-4-18(5-2)10-7-11-19(6-3)13-15(8-9-15)12-14(16)17-20/h20H,4-13H2,1-3H3,(H2,16,17). The van der Waals surface area contributed by atoms with Gasteiger partial charge in [0, 0.05) is 13.0 Å². The first kappa shape index (κ1) is 17.2. The number of nitrogens with zero attached hydrogens (tertiary/aromatic N) is 3. The summed E-state index contributed by atoms with van der Waals surface area (Å²) >= 11 is 0. The van der Waals surface area contributed by atoms with Crippen LogP contribution in [0.3, 0.4) is 0 Å². The molecule has 5 nitrogen and oxygen atoms in total. The molecule has 0 radical (unpaired) electrons. The fraction of sp³-hybridized carbons (Fsp3) is 0.933. The summed E-state index contributed by atoms with van der Waals surface area (Å²) in [7, 11) is 0. The van der Waals surface area contributed by atoms with Gasteiger partial charge in [-0.3, -0.25) is 0 Å². The van der Waals surface area contributed by atoms with Crippen LogP contribution in [-0.2, 0) is 0 Å². The lowest BCUT2D eigenvalue weighted by molar-refractivity contribution is 0.209. The van der Waals surface area contributed by atoms with Crippen LogP contribution in [0.1, 0.15) is 46.5 Å². The zero-order valence-electron chi connectivity index (χ0n) is 13.4. The average molecular weight is 284 g/mol. The van der Waals surface area contributed by atoms with Gasteiger partial charge in [-0.05, 0) is 57.4 Å². The van der Waals surface area contributed by atoms with E-state index >= 15 is 0 Å². The Morgan fingerprint density at radius 3 is 2.10 bits per heavy atom. The molecule has 118 valence electrons. The van der Waals surface area contributed by atoms with Crippen molar-refractivity contribution < 1.29 is 5.21 Å². The molecule has 5 heteroatoms. The SMILES string of the molecule is CCN(CC)CCCN(CC)CC1(CC(N)=NO)CC1. The van der Waals surface area contributed by atoms with Crippen LogP contribution in [0.2, 0.25) is 0 Å². The summed E-state index contributed by atoms with van der Waals surface area (Å²) < 4.78 is 0. The summed E-state index contributed by atoms with van der Waals surface area (Å²) in [5.41, 5.74) is 5.95. The highest BCUT2D eigenvalue weighted by Gasteiger charge is 2.44. The lowest BCUT2D eigenvalue weighted by Crippen LogP contribution is -2.35. The minimum absolute atomic E-state index is 0.279. The highest BCUT2D eigenvalue weighted by atomic mass is 16.4. The van der Waals surface area contributed by atoms with Gasteiger partial charge in [0.05, 0.1) is 0 Å². The molecule has 1 aliphatic rings. The van der Waals surface area contributed by atoms with Gasteiger partial charge in [-0.15, -0.1) is 0 Å². The molecule has 0 atom stereocenters. The molecule has 20 heavy (non-hydrogen) atoms. The van der Waals surface area contributed by atoms with E-state index in [-0.39, 0.29) is 5.41 Å².